The fraction of sp³-hybridized carbons (Fsp3) is 0.143. The van der Waals surface area contributed by atoms with E-state index in [0.717, 1.165) is 43.3 Å². The zero-order valence-corrected chi connectivity index (χ0v) is 46.7. The van der Waals surface area contributed by atoms with Gasteiger partial charge in [0, 0.05) is 91.7 Å². The normalized spacial score (nSPS) is 13.6. The lowest BCUT2D eigenvalue weighted by atomic mass is 10.0. The largest absolute Gasteiger partial charge is 0.493 e. The fourth-order valence-electron chi connectivity index (χ4n) is 7.82. The van der Waals surface area contributed by atoms with Gasteiger partial charge >= 0.3 is 0 Å². The summed E-state index contributed by atoms with van der Waals surface area (Å²) in [6.45, 7) is 3.05. The number of hydrogen-bond acceptors (Lipinski definition) is 10. The molecule has 6 aromatic carbocycles. The zero-order valence-electron chi connectivity index (χ0n) is 45.2. The summed E-state index contributed by atoms with van der Waals surface area (Å²) in [7, 11) is 1.30. The second kappa shape index (κ2) is 27.7. The quantitative estimate of drug-likeness (QED) is 0.0839. The number of carbonyl (C=O) groups is 6. The van der Waals surface area contributed by atoms with E-state index in [9.17, 15) is 59.5 Å². The first-order chi connectivity index (χ1) is 40.2. The standard InChI is InChI=1S/C22H18F3NO4.C22H18F3NO3.C19H12Cl2FNO3/c1-22(24,25)13-6-8-17(21(28)26-15-4-3-5-16(27)12-15)19(10-13)30-18-9-7-14(23)11-20(18)29-2;1-13-10-15(23)7-9-19(13)29-20-11-14(22(2,24)25)6-8-18(20)21(28)26-16-4-3-5-17(27)12-16;20-16-9-15(19(25)23-12-2-1-3-13(24)8-12)18(10-17(16)21)26-14-6-4-11(22)5-7-14/h3-4,6-12H,5H2,1-2H3,(H,26,28);3-4,6-12H,5H2,1-2H3,(H,26,28);1-2,4-10H,3H2,(H,23,25). The number of carbonyl (C=O) groups excluding carboxylic acids is 6. The van der Waals surface area contributed by atoms with E-state index in [1.165, 1.54) is 98.1 Å². The van der Waals surface area contributed by atoms with Crippen molar-refractivity contribution in [2.24, 2.45) is 0 Å². The zero-order chi connectivity index (χ0) is 61.8. The maximum Gasteiger partial charge on any atom is 0.270 e. The predicted molar refractivity (Wildman–Crippen MR) is 302 cm³/mol. The van der Waals surface area contributed by atoms with Crippen molar-refractivity contribution in [3.05, 3.63) is 242 Å². The molecule has 0 saturated carbocycles. The molecule has 85 heavy (non-hydrogen) atoms. The highest BCUT2D eigenvalue weighted by molar-refractivity contribution is 6.42. The minimum Gasteiger partial charge on any atom is -0.493 e. The second-order valence-electron chi connectivity index (χ2n) is 18.8. The molecule has 3 amide bonds. The summed E-state index contributed by atoms with van der Waals surface area (Å²) >= 11 is 12.0. The molecule has 0 atom stereocenters. The van der Waals surface area contributed by atoms with Crippen LogP contribution in [0.1, 0.15) is 80.9 Å². The van der Waals surface area contributed by atoms with E-state index < -0.39 is 47.0 Å². The topological polar surface area (TPSA) is 175 Å². The Bertz CT molecular complexity index is 3810. The first-order valence-corrected chi connectivity index (χ1v) is 26.1. The molecule has 9 rings (SSSR count). The number of nitrogens with one attached hydrogen (secondary N) is 3. The Balaban J connectivity index is 0.000000183. The molecule has 3 aliphatic rings. The Morgan fingerprint density at radius 2 is 0.859 bits per heavy atom. The summed E-state index contributed by atoms with van der Waals surface area (Å²) < 4.78 is 117. The summed E-state index contributed by atoms with van der Waals surface area (Å²) in [6.07, 6.45) is 14.3. The second-order valence-corrected chi connectivity index (χ2v) is 19.6. The highest BCUT2D eigenvalue weighted by atomic mass is 35.5. The number of amides is 3. The number of allylic oxidation sites excluding steroid dienone is 9. The maximum atomic E-state index is 13.8. The molecule has 0 radical (unpaired) electrons. The van der Waals surface area contributed by atoms with Crippen molar-refractivity contribution in [1.29, 1.82) is 0 Å². The van der Waals surface area contributed by atoms with Crippen molar-refractivity contribution in [3.63, 3.8) is 0 Å². The van der Waals surface area contributed by atoms with Crippen LogP contribution in [0.5, 0.6) is 40.2 Å². The molecule has 0 aliphatic heterocycles. The maximum absolute atomic E-state index is 13.8. The monoisotopic (exact) mass is 1210 g/mol. The van der Waals surface area contributed by atoms with Gasteiger partial charge in [-0.05, 0) is 116 Å². The number of benzene rings is 6. The van der Waals surface area contributed by atoms with Crippen molar-refractivity contribution in [3.8, 4) is 40.2 Å². The predicted octanol–water partition coefficient (Wildman–Crippen LogP) is 15.1. The van der Waals surface area contributed by atoms with Crippen molar-refractivity contribution >= 4 is 58.3 Å². The molecular formula is C63H48Cl2F7N3O10. The molecule has 22 heteroatoms. The smallest absolute Gasteiger partial charge is 0.270 e. The van der Waals surface area contributed by atoms with Crippen molar-refractivity contribution in [1.82, 2.24) is 16.0 Å². The first-order valence-electron chi connectivity index (χ1n) is 25.3. The van der Waals surface area contributed by atoms with Crippen LogP contribution in [0.15, 0.2) is 181 Å². The Labute approximate surface area is 491 Å². The van der Waals surface area contributed by atoms with Gasteiger partial charge in [-0.1, -0.05) is 53.6 Å². The number of rotatable bonds is 15. The summed E-state index contributed by atoms with van der Waals surface area (Å²) in [5.41, 5.74) is 0.717. The Morgan fingerprint density at radius 1 is 0.459 bits per heavy atom. The van der Waals surface area contributed by atoms with Crippen LogP contribution in [-0.2, 0) is 26.2 Å². The van der Waals surface area contributed by atoms with Gasteiger partial charge in [-0.15, -0.1) is 0 Å². The van der Waals surface area contributed by atoms with Crippen molar-refractivity contribution < 1.29 is 78.4 Å². The number of aryl methyl sites for hydroxylation is 1. The SMILES string of the molecule is COc1cc(F)ccc1Oc1cc(C(C)(F)F)ccc1C(=O)NC1=CC(=O)CC=C1.Cc1cc(F)ccc1Oc1cc(C(C)(F)F)ccc1C(=O)NC1=CC(=O)CC=C1.O=C1C=C(NC(=O)c2cc(Cl)c(Cl)cc2Oc2ccc(F)cc2)C=CC1. The van der Waals surface area contributed by atoms with Gasteiger partial charge < -0.3 is 34.9 Å². The summed E-state index contributed by atoms with van der Waals surface area (Å²) in [4.78, 5) is 72.5. The summed E-state index contributed by atoms with van der Waals surface area (Å²) in [5, 5.41) is 8.10. The van der Waals surface area contributed by atoms with Crippen LogP contribution in [0, 0.1) is 24.4 Å². The lowest BCUT2D eigenvalue weighted by molar-refractivity contribution is -0.114. The van der Waals surface area contributed by atoms with E-state index in [4.69, 9.17) is 42.1 Å². The van der Waals surface area contributed by atoms with Gasteiger partial charge in [-0.25, -0.2) is 30.7 Å². The highest BCUT2D eigenvalue weighted by Gasteiger charge is 2.29. The van der Waals surface area contributed by atoms with Gasteiger partial charge in [0.25, 0.3) is 29.6 Å². The molecule has 3 N–H and O–H groups in total. The molecule has 0 bridgehead atoms. The molecule has 0 unspecified atom stereocenters. The summed E-state index contributed by atoms with van der Waals surface area (Å²) in [6, 6.07) is 22.1. The van der Waals surface area contributed by atoms with Crippen molar-refractivity contribution in [2.45, 2.75) is 51.9 Å². The van der Waals surface area contributed by atoms with Crippen molar-refractivity contribution in [2.75, 3.05) is 7.11 Å². The molecule has 0 heterocycles. The van der Waals surface area contributed by atoms with Crippen LogP contribution in [-0.4, -0.2) is 42.2 Å². The molecule has 0 fully saturated rings. The van der Waals surface area contributed by atoms with Gasteiger partial charge in [0.05, 0.1) is 33.8 Å². The van der Waals surface area contributed by atoms with Crippen LogP contribution < -0.4 is 34.9 Å². The Kier molecular flexibility index (Phi) is 20.5. The van der Waals surface area contributed by atoms with Crippen LogP contribution >= 0.6 is 23.2 Å². The highest BCUT2D eigenvalue weighted by Crippen LogP contribution is 2.39. The van der Waals surface area contributed by atoms with Gasteiger partial charge in [-0.3, -0.25) is 28.8 Å². The van der Waals surface area contributed by atoms with E-state index in [-0.39, 0.29) is 108 Å². The van der Waals surface area contributed by atoms with Crippen LogP contribution in [0.25, 0.3) is 0 Å². The fourth-order valence-corrected chi connectivity index (χ4v) is 8.14. The van der Waals surface area contributed by atoms with Gasteiger partial charge in [-0.2, -0.15) is 0 Å². The number of halogens is 9. The minimum absolute atomic E-state index is 0.00551. The van der Waals surface area contributed by atoms with E-state index in [2.05, 4.69) is 16.0 Å². The third-order valence-electron chi connectivity index (χ3n) is 12.0. The minimum atomic E-state index is -3.18. The Hall–Kier alpha value is -9.53. The molecule has 6 aromatic rings. The molecular weight excluding hydrogens is 1160 g/mol. The lowest BCUT2D eigenvalue weighted by Crippen LogP contribution is -2.24. The number of ketones is 3. The number of methoxy groups -OCH3 is 1. The number of alkyl halides is 4. The van der Waals surface area contributed by atoms with E-state index >= 15 is 0 Å². The molecule has 3 aliphatic carbocycles. The van der Waals surface area contributed by atoms with Gasteiger partial charge in [0.15, 0.2) is 28.8 Å². The molecule has 438 valence electrons. The Morgan fingerprint density at radius 3 is 1.29 bits per heavy atom. The van der Waals surface area contributed by atoms with Crippen LogP contribution in [0.4, 0.5) is 30.7 Å². The lowest BCUT2D eigenvalue weighted by Gasteiger charge is -2.17. The van der Waals surface area contributed by atoms with Crippen LogP contribution in [0.3, 0.4) is 0 Å². The first kappa shape index (κ1) is 63.1. The molecule has 0 saturated heterocycles. The molecule has 13 nitrogen and oxygen atoms in total. The van der Waals surface area contributed by atoms with E-state index in [1.807, 2.05) is 0 Å². The number of hydrogen-bond donors (Lipinski definition) is 3. The van der Waals surface area contributed by atoms with E-state index in [1.54, 1.807) is 43.4 Å². The average Bonchev–Trinajstić information content (AvgIpc) is 2.38. The van der Waals surface area contributed by atoms with E-state index in [0.29, 0.717) is 36.1 Å². The third kappa shape index (κ3) is 17.7. The van der Waals surface area contributed by atoms with Gasteiger partial charge in [0.2, 0.25) is 0 Å². The van der Waals surface area contributed by atoms with Gasteiger partial charge in [0.1, 0.15) is 46.2 Å². The molecule has 0 spiro atoms. The average molecular weight is 1210 g/mol. The summed E-state index contributed by atoms with van der Waals surface area (Å²) in [5.74, 6) is -9.58. The number of ether oxygens (including phenoxy) is 4. The third-order valence-corrected chi connectivity index (χ3v) is 12.8. The van der Waals surface area contributed by atoms with Crippen LogP contribution in [0.2, 0.25) is 10.0 Å². The molecule has 0 aromatic heterocycles.